The molecule has 0 aromatic heterocycles. The third-order valence-electron chi connectivity index (χ3n) is 1.80. The lowest BCUT2D eigenvalue weighted by molar-refractivity contribution is -0.145. The molecule has 1 saturated carbocycles. The van der Waals surface area contributed by atoms with E-state index in [1.165, 1.54) is 6.21 Å². The summed E-state index contributed by atoms with van der Waals surface area (Å²) in [6.45, 7) is 0. The molecule has 0 aliphatic heterocycles. The van der Waals surface area contributed by atoms with Crippen molar-refractivity contribution in [1.82, 2.24) is 0 Å². The van der Waals surface area contributed by atoms with Crippen LogP contribution in [0, 0.1) is 11.8 Å². The van der Waals surface area contributed by atoms with Crippen molar-refractivity contribution in [3.63, 3.8) is 0 Å². The Balaban J connectivity index is 2.24. The molecule has 1 rings (SSSR count). The van der Waals surface area contributed by atoms with Crippen molar-refractivity contribution in [2.45, 2.75) is 12.8 Å². The van der Waals surface area contributed by atoms with Gasteiger partial charge in [-0.3, -0.25) is 4.79 Å². The van der Waals surface area contributed by atoms with E-state index in [0.717, 1.165) is 0 Å². The predicted molar refractivity (Wildman–Crippen MR) is 34.1 cm³/mol. The molecule has 1 aliphatic rings. The van der Waals surface area contributed by atoms with E-state index in [4.69, 9.17) is 10.3 Å². The van der Waals surface area contributed by atoms with Crippen LogP contribution in [0.3, 0.4) is 0 Å². The second-order valence-corrected chi connectivity index (χ2v) is 2.53. The van der Waals surface area contributed by atoms with Gasteiger partial charge in [0.1, 0.15) is 0 Å². The van der Waals surface area contributed by atoms with E-state index >= 15 is 0 Å². The molecule has 2 N–H and O–H groups in total. The Kier molecular flexibility index (Phi) is 1.89. The molecule has 1 aliphatic carbocycles. The van der Waals surface area contributed by atoms with Gasteiger partial charge in [0.2, 0.25) is 0 Å². The summed E-state index contributed by atoms with van der Waals surface area (Å²) in [5.41, 5.74) is 0. The maximum atomic E-state index is 10.2. The van der Waals surface area contributed by atoms with Crippen LogP contribution in [0.4, 0.5) is 0 Å². The molecule has 0 unspecified atom stereocenters. The normalized spacial score (nSPS) is 32.0. The first-order valence-electron chi connectivity index (χ1n) is 3.14. The first kappa shape index (κ1) is 7.05. The molecule has 0 amide bonds. The number of carbonyl (C=O) groups is 1. The average Bonchev–Trinajstić information content (AvgIpc) is 1.76. The van der Waals surface area contributed by atoms with Gasteiger partial charge in [0.15, 0.2) is 0 Å². The van der Waals surface area contributed by atoms with Crippen molar-refractivity contribution < 1.29 is 15.1 Å². The number of carboxylic acid groups (broad SMARTS) is 1. The van der Waals surface area contributed by atoms with Crippen LogP contribution in [0.2, 0.25) is 0 Å². The van der Waals surface area contributed by atoms with E-state index in [1.807, 2.05) is 0 Å². The van der Waals surface area contributed by atoms with Gasteiger partial charge in [-0.15, -0.1) is 5.16 Å². The SMILES string of the molecule is O=C(O)C1CC(C=NO)C1. The van der Waals surface area contributed by atoms with Gasteiger partial charge in [0.25, 0.3) is 0 Å². The minimum atomic E-state index is -0.748. The minimum absolute atomic E-state index is 0.172. The lowest BCUT2D eigenvalue weighted by atomic mass is 9.76. The highest BCUT2D eigenvalue weighted by molar-refractivity contribution is 5.74. The number of hydrogen-bond donors (Lipinski definition) is 2. The van der Waals surface area contributed by atoms with Crippen LogP contribution in [0.25, 0.3) is 0 Å². The Bertz CT molecular complexity index is 160. The fourth-order valence-electron chi connectivity index (χ4n) is 1.08. The van der Waals surface area contributed by atoms with Gasteiger partial charge in [-0.1, -0.05) is 0 Å². The summed E-state index contributed by atoms with van der Waals surface area (Å²) < 4.78 is 0. The van der Waals surface area contributed by atoms with Crippen molar-refractivity contribution in [2.24, 2.45) is 17.0 Å². The maximum absolute atomic E-state index is 10.2. The Morgan fingerprint density at radius 3 is 2.60 bits per heavy atom. The minimum Gasteiger partial charge on any atom is -0.481 e. The lowest BCUT2D eigenvalue weighted by Crippen LogP contribution is -2.30. The first-order chi connectivity index (χ1) is 4.74. The Labute approximate surface area is 58.2 Å². The highest BCUT2D eigenvalue weighted by Crippen LogP contribution is 2.32. The third kappa shape index (κ3) is 1.26. The predicted octanol–water partition coefficient (Wildman–Crippen LogP) is 0.557. The second-order valence-electron chi connectivity index (χ2n) is 2.53. The molecule has 0 bridgehead atoms. The van der Waals surface area contributed by atoms with Gasteiger partial charge in [-0.25, -0.2) is 0 Å². The molecule has 56 valence electrons. The van der Waals surface area contributed by atoms with E-state index in [2.05, 4.69) is 5.16 Å². The number of carboxylic acids is 1. The topological polar surface area (TPSA) is 69.9 Å². The number of hydrogen-bond acceptors (Lipinski definition) is 3. The van der Waals surface area contributed by atoms with Crippen molar-refractivity contribution in [3.8, 4) is 0 Å². The van der Waals surface area contributed by atoms with E-state index in [-0.39, 0.29) is 11.8 Å². The molecule has 0 spiro atoms. The first-order valence-corrected chi connectivity index (χ1v) is 3.14. The number of rotatable bonds is 2. The summed E-state index contributed by atoms with van der Waals surface area (Å²) in [4.78, 5) is 10.2. The summed E-state index contributed by atoms with van der Waals surface area (Å²) >= 11 is 0. The highest BCUT2D eigenvalue weighted by Gasteiger charge is 2.33. The molecule has 10 heavy (non-hydrogen) atoms. The zero-order chi connectivity index (χ0) is 7.56. The lowest BCUT2D eigenvalue weighted by Gasteiger charge is -2.28. The van der Waals surface area contributed by atoms with Crippen LogP contribution >= 0.6 is 0 Å². The third-order valence-corrected chi connectivity index (χ3v) is 1.80. The largest absolute Gasteiger partial charge is 0.481 e. The van der Waals surface area contributed by atoms with Gasteiger partial charge in [-0.2, -0.15) is 0 Å². The molecule has 0 aromatic rings. The van der Waals surface area contributed by atoms with Crippen LogP contribution in [0.15, 0.2) is 5.16 Å². The van der Waals surface area contributed by atoms with Crippen molar-refractivity contribution in [2.75, 3.05) is 0 Å². The maximum Gasteiger partial charge on any atom is 0.306 e. The van der Waals surface area contributed by atoms with Crippen LogP contribution in [0.1, 0.15) is 12.8 Å². The van der Waals surface area contributed by atoms with Gasteiger partial charge in [0, 0.05) is 6.21 Å². The Morgan fingerprint density at radius 2 is 2.20 bits per heavy atom. The smallest absolute Gasteiger partial charge is 0.306 e. The molecule has 0 heterocycles. The van der Waals surface area contributed by atoms with Gasteiger partial charge in [0.05, 0.1) is 5.92 Å². The second kappa shape index (κ2) is 2.68. The molecule has 4 nitrogen and oxygen atoms in total. The standard InChI is InChI=1S/C6H9NO3/c8-6(9)5-1-4(2-5)3-7-10/h3-5,10H,1-2H2,(H,8,9). The fourth-order valence-corrected chi connectivity index (χ4v) is 1.08. The van der Waals surface area contributed by atoms with E-state index < -0.39 is 5.97 Å². The van der Waals surface area contributed by atoms with Crippen LogP contribution < -0.4 is 0 Å². The van der Waals surface area contributed by atoms with Crippen LogP contribution in [0.5, 0.6) is 0 Å². The quantitative estimate of drug-likeness (QED) is 0.337. The van der Waals surface area contributed by atoms with Gasteiger partial charge >= 0.3 is 5.97 Å². The number of nitrogens with zero attached hydrogens (tertiary/aromatic N) is 1. The van der Waals surface area contributed by atoms with E-state index in [9.17, 15) is 4.79 Å². The van der Waals surface area contributed by atoms with E-state index in [1.54, 1.807) is 0 Å². The Morgan fingerprint density at radius 1 is 1.60 bits per heavy atom. The monoisotopic (exact) mass is 143 g/mol. The number of oxime groups is 1. The van der Waals surface area contributed by atoms with E-state index in [0.29, 0.717) is 12.8 Å². The molecular weight excluding hydrogens is 134 g/mol. The average molecular weight is 143 g/mol. The Hall–Kier alpha value is -1.06. The molecule has 1 fully saturated rings. The molecule has 0 atom stereocenters. The number of aliphatic carboxylic acids is 1. The summed E-state index contributed by atoms with van der Waals surface area (Å²) in [5, 5.41) is 19.3. The zero-order valence-electron chi connectivity index (χ0n) is 5.40. The van der Waals surface area contributed by atoms with Crippen molar-refractivity contribution >= 4 is 12.2 Å². The molecule has 0 saturated heterocycles. The van der Waals surface area contributed by atoms with Gasteiger partial charge < -0.3 is 10.3 Å². The van der Waals surface area contributed by atoms with Crippen LogP contribution in [-0.2, 0) is 4.79 Å². The highest BCUT2D eigenvalue weighted by atomic mass is 16.4. The molecule has 0 radical (unpaired) electrons. The summed E-state index contributed by atoms with van der Waals surface area (Å²) in [5.74, 6) is -0.795. The van der Waals surface area contributed by atoms with Crippen molar-refractivity contribution in [1.29, 1.82) is 0 Å². The summed E-state index contributed by atoms with van der Waals surface area (Å²) in [7, 11) is 0. The van der Waals surface area contributed by atoms with Gasteiger partial charge in [-0.05, 0) is 18.8 Å². The summed E-state index contributed by atoms with van der Waals surface area (Å²) in [6, 6.07) is 0. The fraction of sp³-hybridized carbons (Fsp3) is 0.667. The molecular formula is C6H9NO3. The molecule has 4 heteroatoms. The van der Waals surface area contributed by atoms with Crippen molar-refractivity contribution in [3.05, 3.63) is 0 Å². The zero-order valence-corrected chi connectivity index (χ0v) is 5.40. The molecule has 0 aromatic carbocycles. The summed E-state index contributed by atoms with van der Waals surface area (Å²) in [6.07, 6.45) is 2.61. The van der Waals surface area contributed by atoms with Crippen LogP contribution in [-0.4, -0.2) is 22.5 Å².